The molecule has 0 aromatic heterocycles. The zero-order chi connectivity index (χ0) is 17.4. The van der Waals surface area contributed by atoms with Gasteiger partial charge in [-0.25, -0.2) is 0 Å². The van der Waals surface area contributed by atoms with Gasteiger partial charge in [-0.2, -0.15) is 0 Å². The van der Waals surface area contributed by atoms with E-state index in [1.165, 1.54) is 0 Å². The van der Waals surface area contributed by atoms with Gasteiger partial charge in [-0.1, -0.05) is 42.5 Å². The highest BCUT2D eigenvalue weighted by Crippen LogP contribution is 2.04. The number of aliphatic hydroxyl groups is 1. The van der Waals surface area contributed by atoms with E-state index in [1.54, 1.807) is 31.2 Å². The number of rotatable bonds is 7. The summed E-state index contributed by atoms with van der Waals surface area (Å²) >= 11 is 0. The number of benzene rings is 2. The lowest BCUT2D eigenvalue weighted by molar-refractivity contribution is -0.122. The van der Waals surface area contributed by atoms with E-state index < -0.39 is 6.04 Å². The van der Waals surface area contributed by atoms with Gasteiger partial charge in [0.1, 0.15) is 6.04 Å². The van der Waals surface area contributed by atoms with Crippen molar-refractivity contribution in [2.24, 2.45) is 0 Å². The molecule has 0 aliphatic rings. The second-order valence-corrected chi connectivity index (χ2v) is 5.58. The molecule has 1 atom stereocenters. The van der Waals surface area contributed by atoms with Crippen LogP contribution in [0.4, 0.5) is 0 Å². The third-order valence-electron chi connectivity index (χ3n) is 3.70. The molecular weight excluding hydrogens is 304 g/mol. The largest absolute Gasteiger partial charge is 0.392 e. The van der Waals surface area contributed by atoms with Crippen molar-refractivity contribution in [1.82, 2.24) is 10.6 Å². The van der Waals surface area contributed by atoms with E-state index in [4.69, 9.17) is 5.11 Å². The minimum Gasteiger partial charge on any atom is -0.392 e. The summed E-state index contributed by atoms with van der Waals surface area (Å²) in [5, 5.41) is 14.5. The maximum absolute atomic E-state index is 12.0. The Morgan fingerprint density at radius 2 is 1.62 bits per heavy atom. The molecule has 2 amide bonds. The molecule has 5 heteroatoms. The SMILES string of the molecule is CC(NC(=O)c1ccccc1)C(=O)NCCc1ccc(CO)cc1. The number of hydrogen-bond acceptors (Lipinski definition) is 3. The first kappa shape index (κ1) is 17.7. The molecule has 0 heterocycles. The van der Waals surface area contributed by atoms with Crippen LogP contribution in [-0.4, -0.2) is 29.5 Å². The summed E-state index contributed by atoms with van der Waals surface area (Å²) in [6.45, 7) is 2.17. The van der Waals surface area contributed by atoms with Crippen LogP contribution >= 0.6 is 0 Å². The fourth-order valence-electron chi connectivity index (χ4n) is 2.23. The second kappa shape index (κ2) is 8.84. The highest BCUT2D eigenvalue weighted by Gasteiger charge is 2.15. The maximum atomic E-state index is 12.0. The first-order valence-electron chi connectivity index (χ1n) is 7.92. The Morgan fingerprint density at radius 1 is 1.00 bits per heavy atom. The van der Waals surface area contributed by atoms with Crippen LogP contribution in [0.2, 0.25) is 0 Å². The standard InChI is InChI=1S/C19H22N2O3/c1-14(21-19(24)17-5-3-2-4-6-17)18(23)20-12-11-15-7-9-16(13-22)10-8-15/h2-10,14,22H,11-13H2,1H3,(H,20,23)(H,21,24). The van der Waals surface area contributed by atoms with E-state index in [0.29, 0.717) is 18.5 Å². The Hall–Kier alpha value is -2.66. The van der Waals surface area contributed by atoms with Crippen LogP contribution in [0.3, 0.4) is 0 Å². The molecule has 5 nitrogen and oxygen atoms in total. The first-order valence-corrected chi connectivity index (χ1v) is 7.92. The molecule has 126 valence electrons. The predicted molar refractivity (Wildman–Crippen MR) is 92.4 cm³/mol. The van der Waals surface area contributed by atoms with E-state index in [2.05, 4.69) is 10.6 Å². The van der Waals surface area contributed by atoms with E-state index in [9.17, 15) is 9.59 Å². The molecular formula is C19H22N2O3. The van der Waals surface area contributed by atoms with Crippen molar-refractivity contribution in [2.45, 2.75) is 26.0 Å². The molecule has 2 aromatic carbocycles. The van der Waals surface area contributed by atoms with Crippen LogP contribution in [0.1, 0.15) is 28.4 Å². The van der Waals surface area contributed by atoms with Crippen LogP contribution in [0.5, 0.6) is 0 Å². The van der Waals surface area contributed by atoms with Crippen molar-refractivity contribution >= 4 is 11.8 Å². The number of amides is 2. The Balaban J connectivity index is 1.76. The van der Waals surface area contributed by atoms with Crippen molar-refractivity contribution in [3.8, 4) is 0 Å². The van der Waals surface area contributed by atoms with E-state index in [0.717, 1.165) is 11.1 Å². The predicted octanol–water partition coefficient (Wildman–Crippen LogP) is 1.66. The van der Waals surface area contributed by atoms with E-state index in [1.807, 2.05) is 30.3 Å². The molecule has 0 aliphatic carbocycles. The van der Waals surface area contributed by atoms with Crippen molar-refractivity contribution in [3.63, 3.8) is 0 Å². The fraction of sp³-hybridized carbons (Fsp3) is 0.263. The van der Waals surface area contributed by atoms with Gasteiger partial charge in [0.2, 0.25) is 5.91 Å². The van der Waals surface area contributed by atoms with Gasteiger partial charge in [0, 0.05) is 12.1 Å². The lowest BCUT2D eigenvalue weighted by Crippen LogP contribution is -2.45. The van der Waals surface area contributed by atoms with Gasteiger partial charge in [0.25, 0.3) is 5.91 Å². The van der Waals surface area contributed by atoms with Crippen molar-refractivity contribution in [1.29, 1.82) is 0 Å². The van der Waals surface area contributed by atoms with Crippen LogP contribution in [0.25, 0.3) is 0 Å². The highest BCUT2D eigenvalue weighted by molar-refractivity contribution is 5.97. The normalized spacial score (nSPS) is 11.6. The third kappa shape index (κ3) is 5.21. The highest BCUT2D eigenvalue weighted by atomic mass is 16.3. The van der Waals surface area contributed by atoms with Gasteiger partial charge in [0.05, 0.1) is 6.61 Å². The summed E-state index contributed by atoms with van der Waals surface area (Å²) in [4.78, 5) is 24.0. The van der Waals surface area contributed by atoms with Crippen molar-refractivity contribution in [2.75, 3.05) is 6.54 Å². The second-order valence-electron chi connectivity index (χ2n) is 5.58. The topological polar surface area (TPSA) is 78.4 Å². The maximum Gasteiger partial charge on any atom is 0.251 e. The molecule has 0 aliphatic heterocycles. The molecule has 2 aromatic rings. The van der Waals surface area contributed by atoms with Crippen molar-refractivity contribution in [3.05, 3.63) is 71.3 Å². The summed E-state index contributed by atoms with van der Waals surface area (Å²) < 4.78 is 0. The zero-order valence-corrected chi connectivity index (χ0v) is 13.7. The number of hydrogen-bond donors (Lipinski definition) is 3. The third-order valence-corrected chi connectivity index (χ3v) is 3.70. The molecule has 0 bridgehead atoms. The molecule has 2 rings (SSSR count). The smallest absolute Gasteiger partial charge is 0.251 e. The molecule has 0 radical (unpaired) electrons. The van der Waals surface area contributed by atoms with Gasteiger partial charge in [0.15, 0.2) is 0 Å². The fourth-order valence-corrected chi connectivity index (χ4v) is 2.23. The number of carbonyl (C=O) groups is 2. The average molecular weight is 326 g/mol. The number of carbonyl (C=O) groups excluding carboxylic acids is 2. The Morgan fingerprint density at radius 3 is 2.25 bits per heavy atom. The average Bonchev–Trinajstić information content (AvgIpc) is 2.62. The van der Waals surface area contributed by atoms with Gasteiger partial charge in [-0.05, 0) is 36.6 Å². The molecule has 0 spiro atoms. The van der Waals surface area contributed by atoms with Crippen LogP contribution in [0.15, 0.2) is 54.6 Å². The minimum atomic E-state index is -0.602. The summed E-state index contributed by atoms with van der Waals surface area (Å²) in [6, 6.07) is 15.8. The molecule has 1 unspecified atom stereocenters. The summed E-state index contributed by atoms with van der Waals surface area (Å²) in [6.07, 6.45) is 0.691. The Bertz CT molecular complexity index is 669. The minimum absolute atomic E-state index is 0.0235. The Labute approximate surface area is 141 Å². The van der Waals surface area contributed by atoms with Gasteiger partial charge in [-0.15, -0.1) is 0 Å². The molecule has 0 fully saturated rings. The quantitative estimate of drug-likeness (QED) is 0.724. The Kier molecular flexibility index (Phi) is 6.51. The van der Waals surface area contributed by atoms with Crippen LogP contribution < -0.4 is 10.6 Å². The van der Waals surface area contributed by atoms with Gasteiger partial charge < -0.3 is 15.7 Å². The molecule has 0 saturated carbocycles. The first-order chi connectivity index (χ1) is 11.6. The van der Waals surface area contributed by atoms with Crippen LogP contribution in [0, 0.1) is 0 Å². The lowest BCUT2D eigenvalue weighted by Gasteiger charge is -2.14. The summed E-state index contributed by atoms with van der Waals surface area (Å²) in [5.74, 6) is -0.482. The molecule has 3 N–H and O–H groups in total. The van der Waals surface area contributed by atoms with Crippen LogP contribution in [-0.2, 0) is 17.8 Å². The monoisotopic (exact) mass is 326 g/mol. The van der Waals surface area contributed by atoms with Gasteiger partial charge in [-0.3, -0.25) is 9.59 Å². The van der Waals surface area contributed by atoms with Crippen molar-refractivity contribution < 1.29 is 14.7 Å². The molecule has 0 saturated heterocycles. The zero-order valence-electron chi connectivity index (χ0n) is 13.7. The number of aliphatic hydroxyl groups excluding tert-OH is 1. The lowest BCUT2D eigenvalue weighted by atomic mass is 10.1. The van der Waals surface area contributed by atoms with E-state index in [-0.39, 0.29) is 18.4 Å². The number of nitrogens with one attached hydrogen (secondary N) is 2. The van der Waals surface area contributed by atoms with E-state index >= 15 is 0 Å². The molecule has 24 heavy (non-hydrogen) atoms. The summed E-state index contributed by atoms with van der Waals surface area (Å²) in [5.41, 5.74) is 2.47. The van der Waals surface area contributed by atoms with Gasteiger partial charge >= 0.3 is 0 Å². The summed E-state index contributed by atoms with van der Waals surface area (Å²) in [7, 11) is 0.